The third kappa shape index (κ3) is 3.86. The summed E-state index contributed by atoms with van der Waals surface area (Å²) in [6.07, 6.45) is 2.56. The summed E-state index contributed by atoms with van der Waals surface area (Å²) in [6.45, 7) is -0.0127. The first kappa shape index (κ1) is 12.4. The SMILES string of the molecule is CS(=O)(=O)/C(=C\c1ccccc1)COC=O. The van der Waals surface area contributed by atoms with Crippen molar-refractivity contribution < 1.29 is 17.9 Å². The van der Waals surface area contributed by atoms with E-state index in [-0.39, 0.29) is 18.0 Å². The zero-order valence-corrected chi connectivity index (χ0v) is 9.61. The van der Waals surface area contributed by atoms with Crippen LogP contribution in [0.4, 0.5) is 0 Å². The predicted molar refractivity (Wildman–Crippen MR) is 61.3 cm³/mol. The van der Waals surface area contributed by atoms with Crippen molar-refractivity contribution in [1.29, 1.82) is 0 Å². The number of rotatable bonds is 5. The summed E-state index contributed by atoms with van der Waals surface area (Å²) in [4.78, 5) is 10.1. The molecule has 0 spiro atoms. The predicted octanol–water partition coefficient (Wildman–Crippen LogP) is 1.25. The van der Waals surface area contributed by atoms with E-state index in [0.717, 1.165) is 11.8 Å². The van der Waals surface area contributed by atoms with Crippen molar-refractivity contribution in [2.24, 2.45) is 0 Å². The molecule has 0 saturated carbocycles. The number of benzene rings is 1. The van der Waals surface area contributed by atoms with Crippen LogP contribution >= 0.6 is 0 Å². The molecule has 5 heteroatoms. The summed E-state index contributed by atoms with van der Waals surface area (Å²) in [6, 6.07) is 8.97. The number of ether oxygens (including phenoxy) is 1. The molecule has 0 unspecified atom stereocenters. The first-order valence-corrected chi connectivity index (χ1v) is 6.44. The Labute approximate surface area is 94.5 Å². The van der Waals surface area contributed by atoms with Crippen molar-refractivity contribution >= 4 is 22.4 Å². The van der Waals surface area contributed by atoms with Crippen LogP contribution in [0.25, 0.3) is 6.08 Å². The summed E-state index contributed by atoms with van der Waals surface area (Å²) in [7, 11) is -3.36. The smallest absolute Gasteiger partial charge is 0.293 e. The minimum absolute atomic E-state index is 0.0748. The lowest BCUT2D eigenvalue weighted by atomic mass is 10.2. The van der Waals surface area contributed by atoms with Crippen molar-refractivity contribution in [3.63, 3.8) is 0 Å². The highest BCUT2D eigenvalue weighted by Crippen LogP contribution is 2.11. The van der Waals surface area contributed by atoms with E-state index in [9.17, 15) is 13.2 Å². The molecule has 0 aliphatic heterocycles. The van der Waals surface area contributed by atoms with Crippen molar-refractivity contribution in [1.82, 2.24) is 0 Å². The molecule has 4 nitrogen and oxygen atoms in total. The van der Waals surface area contributed by atoms with E-state index in [4.69, 9.17) is 0 Å². The molecule has 1 aromatic rings. The molecule has 0 aromatic heterocycles. The van der Waals surface area contributed by atoms with Gasteiger partial charge in [-0.2, -0.15) is 0 Å². The fourth-order valence-electron chi connectivity index (χ4n) is 1.11. The molecule has 0 amide bonds. The lowest BCUT2D eigenvalue weighted by Crippen LogP contribution is -2.07. The second-order valence-electron chi connectivity index (χ2n) is 3.20. The van der Waals surface area contributed by atoms with E-state index in [2.05, 4.69) is 4.74 Å². The maximum absolute atomic E-state index is 11.4. The van der Waals surface area contributed by atoms with Gasteiger partial charge >= 0.3 is 0 Å². The minimum Gasteiger partial charge on any atom is -0.462 e. The largest absolute Gasteiger partial charge is 0.462 e. The van der Waals surface area contributed by atoms with Gasteiger partial charge in [-0.15, -0.1) is 0 Å². The summed E-state index contributed by atoms with van der Waals surface area (Å²) < 4.78 is 27.2. The summed E-state index contributed by atoms with van der Waals surface area (Å²) in [5.41, 5.74) is 0.748. The Hall–Kier alpha value is -1.62. The molecule has 0 aliphatic rings. The molecular formula is C11H12O4S. The van der Waals surface area contributed by atoms with Crippen LogP contribution in [0.2, 0.25) is 0 Å². The summed E-state index contributed by atoms with van der Waals surface area (Å²) >= 11 is 0. The van der Waals surface area contributed by atoms with Gasteiger partial charge in [0, 0.05) is 6.26 Å². The zero-order chi connectivity index (χ0) is 12.0. The van der Waals surface area contributed by atoms with E-state index in [1.165, 1.54) is 6.08 Å². The molecular weight excluding hydrogens is 228 g/mol. The van der Waals surface area contributed by atoms with Gasteiger partial charge in [-0.25, -0.2) is 8.42 Å². The maximum atomic E-state index is 11.4. The molecule has 0 saturated heterocycles. The monoisotopic (exact) mass is 240 g/mol. The normalized spacial score (nSPS) is 12.2. The first-order valence-electron chi connectivity index (χ1n) is 4.55. The van der Waals surface area contributed by atoms with Crippen molar-refractivity contribution in [2.75, 3.05) is 12.9 Å². The van der Waals surface area contributed by atoms with Gasteiger partial charge in [-0.05, 0) is 11.6 Å². The molecule has 0 aliphatic carbocycles. The van der Waals surface area contributed by atoms with Gasteiger partial charge in [0.15, 0.2) is 9.84 Å². The van der Waals surface area contributed by atoms with Crippen LogP contribution in [0.5, 0.6) is 0 Å². The Morgan fingerprint density at radius 2 is 1.94 bits per heavy atom. The molecule has 1 aromatic carbocycles. The molecule has 0 N–H and O–H groups in total. The zero-order valence-electron chi connectivity index (χ0n) is 8.79. The molecule has 0 atom stereocenters. The van der Waals surface area contributed by atoms with E-state index >= 15 is 0 Å². The average Bonchev–Trinajstić information content (AvgIpc) is 2.24. The molecule has 0 fully saturated rings. The lowest BCUT2D eigenvalue weighted by molar-refractivity contribution is -0.127. The lowest BCUT2D eigenvalue weighted by Gasteiger charge is -2.03. The molecule has 86 valence electrons. The van der Waals surface area contributed by atoms with Crippen LogP contribution < -0.4 is 0 Å². The van der Waals surface area contributed by atoms with Gasteiger partial charge in [0.25, 0.3) is 6.47 Å². The van der Waals surface area contributed by atoms with Gasteiger partial charge in [-0.3, -0.25) is 4.79 Å². The van der Waals surface area contributed by atoms with Crippen molar-refractivity contribution in [3.05, 3.63) is 40.8 Å². The van der Waals surface area contributed by atoms with E-state index in [1.54, 1.807) is 24.3 Å². The number of carbonyl (C=O) groups excluding carboxylic acids is 1. The van der Waals surface area contributed by atoms with Crippen molar-refractivity contribution in [2.45, 2.75) is 0 Å². The van der Waals surface area contributed by atoms with Gasteiger partial charge in [-0.1, -0.05) is 30.3 Å². The average molecular weight is 240 g/mol. The van der Waals surface area contributed by atoms with Crippen molar-refractivity contribution in [3.8, 4) is 0 Å². The van der Waals surface area contributed by atoms with Crippen LogP contribution in [0.15, 0.2) is 35.2 Å². The highest BCUT2D eigenvalue weighted by molar-refractivity contribution is 7.94. The summed E-state index contributed by atoms with van der Waals surface area (Å²) in [5, 5.41) is 0. The Balaban J connectivity index is 3.02. The molecule has 0 radical (unpaired) electrons. The fourth-order valence-corrected chi connectivity index (χ4v) is 1.74. The number of carbonyl (C=O) groups is 1. The van der Waals surface area contributed by atoms with E-state index in [0.29, 0.717) is 0 Å². The molecule has 0 bridgehead atoms. The topological polar surface area (TPSA) is 60.4 Å². The Morgan fingerprint density at radius 3 is 2.44 bits per heavy atom. The third-order valence-corrected chi connectivity index (χ3v) is 3.09. The van der Waals surface area contributed by atoms with E-state index in [1.807, 2.05) is 6.07 Å². The third-order valence-electron chi connectivity index (χ3n) is 1.90. The van der Waals surface area contributed by atoms with Gasteiger partial charge < -0.3 is 4.74 Å². The standard InChI is InChI=1S/C11H12O4S/c1-16(13,14)11(8-15-9-12)7-10-5-3-2-4-6-10/h2-7,9H,8H2,1H3/b11-7-. The van der Waals surface area contributed by atoms with Gasteiger partial charge in [0.05, 0.1) is 4.91 Å². The summed E-state index contributed by atoms with van der Waals surface area (Å²) in [5.74, 6) is 0. The van der Waals surface area contributed by atoms with Gasteiger partial charge in [0.1, 0.15) is 6.61 Å². The molecule has 1 rings (SSSR count). The Bertz CT molecular complexity index is 474. The van der Waals surface area contributed by atoms with Crippen LogP contribution in [0.3, 0.4) is 0 Å². The number of sulfone groups is 1. The molecule has 0 heterocycles. The van der Waals surface area contributed by atoms with Crippen LogP contribution in [-0.2, 0) is 19.4 Å². The first-order chi connectivity index (χ1) is 7.54. The maximum Gasteiger partial charge on any atom is 0.293 e. The van der Waals surface area contributed by atoms with Crippen LogP contribution in [0.1, 0.15) is 5.56 Å². The van der Waals surface area contributed by atoms with E-state index < -0.39 is 9.84 Å². The number of hydrogen-bond acceptors (Lipinski definition) is 4. The second kappa shape index (κ2) is 5.46. The Morgan fingerprint density at radius 1 is 1.31 bits per heavy atom. The second-order valence-corrected chi connectivity index (χ2v) is 5.27. The number of hydrogen-bond donors (Lipinski definition) is 0. The quantitative estimate of drug-likeness (QED) is 0.727. The van der Waals surface area contributed by atoms with Crippen LogP contribution in [0, 0.1) is 0 Å². The van der Waals surface area contributed by atoms with Crippen LogP contribution in [-0.4, -0.2) is 27.8 Å². The highest BCUT2D eigenvalue weighted by atomic mass is 32.2. The fraction of sp³-hybridized carbons (Fsp3) is 0.182. The highest BCUT2D eigenvalue weighted by Gasteiger charge is 2.11. The molecule has 16 heavy (non-hydrogen) atoms. The van der Waals surface area contributed by atoms with Gasteiger partial charge in [0.2, 0.25) is 0 Å². The Kier molecular flexibility index (Phi) is 4.25. The minimum atomic E-state index is -3.36.